The molecule has 25 heavy (non-hydrogen) atoms. The fraction of sp³-hybridized carbons (Fsp3) is 0.412. The third-order valence-corrected chi connectivity index (χ3v) is 7.90. The highest BCUT2D eigenvalue weighted by molar-refractivity contribution is 7.99. The molecule has 0 bridgehead atoms. The molecule has 1 fully saturated rings. The van der Waals surface area contributed by atoms with Crippen LogP contribution < -0.4 is 0 Å². The zero-order valence-corrected chi connectivity index (χ0v) is 16.6. The van der Waals surface area contributed by atoms with E-state index in [1.165, 1.54) is 22.3 Å². The van der Waals surface area contributed by atoms with Crippen molar-refractivity contribution in [2.24, 2.45) is 0 Å². The van der Waals surface area contributed by atoms with Crippen LogP contribution in [0.4, 0.5) is 0 Å². The molecule has 0 N–H and O–H groups in total. The first-order chi connectivity index (χ1) is 11.9. The monoisotopic (exact) mass is 396 g/mol. The molecule has 3 rings (SSSR count). The van der Waals surface area contributed by atoms with Gasteiger partial charge >= 0.3 is 0 Å². The number of thiophene rings is 1. The summed E-state index contributed by atoms with van der Waals surface area (Å²) in [6.45, 7) is 5.09. The predicted molar refractivity (Wildman–Crippen MR) is 101 cm³/mol. The van der Waals surface area contributed by atoms with Crippen LogP contribution in [0.5, 0.6) is 0 Å². The average Bonchev–Trinajstić information content (AvgIpc) is 3.23. The van der Waals surface area contributed by atoms with Crippen molar-refractivity contribution in [1.82, 2.24) is 9.29 Å². The Balaban J connectivity index is 1.65. The Labute approximate surface area is 156 Å². The molecule has 0 unspecified atom stereocenters. The number of thioether (sulfide) groups is 1. The van der Waals surface area contributed by atoms with E-state index in [1.54, 1.807) is 23.5 Å². The lowest BCUT2D eigenvalue weighted by Crippen LogP contribution is -2.27. The van der Waals surface area contributed by atoms with Crippen LogP contribution in [0, 0.1) is 13.8 Å². The molecule has 1 aliphatic heterocycles. The van der Waals surface area contributed by atoms with Crippen molar-refractivity contribution in [2.75, 3.05) is 18.8 Å². The minimum atomic E-state index is -3.44. The Bertz CT molecular complexity index is 867. The van der Waals surface area contributed by atoms with Crippen LogP contribution in [0.25, 0.3) is 0 Å². The number of Topliss-reactive ketones (excluding diaryl/α,β-unsaturated/α-hetero) is 1. The van der Waals surface area contributed by atoms with Crippen molar-refractivity contribution >= 4 is 38.9 Å². The topological polar surface area (TPSA) is 67.3 Å². The van der Waals surface area contributed by atoms with E-state index in [0.717, 1.165) is 28.2 Å². The number of aryl methyl sites for hydroxylation is 2. The third-order valence-electron chi connectivity index (χ3n) is 4.10. The van der Waals surface area contributed by atoms with Crippen molar-refractivity contribution in [3.8, 4) is 0 Å². The van der Waals surface area contributed by atoms with Gasteiger partial charge in [-0.05, 0) is 44.9 Å². The van der Waals surface area contributed by atoms with Crippen LogP contribution in [0.15, 0.2) is 34.3 Å². The summed E-state index contributed by atoms with van der Waals surface area (Å²) in [4.78, 5) is 18.9. The van der Waals surface area contributed by atoms with Gasteiger partial charge < -0.3 is 0 Å². The van der Waals surface area contributed by atoms with E-state index in [2.05, 4.69) is 4.98 Å². The van der Waals surface area contributed by atoms with Gasteiger partial charge in [0.1, 0.15) is 4.90 Å². The van der Waals surface area contributed by atoms with E-state index in [4.69, 9.17) is 0 Å². The maximum Gasteiger partial charge on any atom is 0.244 e. The minimum absolute atomic E-state index is 0.0717. The molecule has 1 saturated heterocycles. The number of hydrogen-bond acceptors (Lipinski definition) is 6. The standard InChI is InChI=1S/C17H20N2O3S3/c1-12-9-15(13(2)24-12)16(20)11-23-17-6-5-14(10-18-17)25(21,22)19-7-3-4-8-19/h5-6,9-10H,3-4,7-8,11H2,1-2H3. The first-order valence-electron chi connectivity index (χ1n) is 8.07. The normalized spacial score (nSPS) is 15.6. The van der Waals surface area contributed by atoms with Crippen LogP contribution in [-0.2, 0) is 10.0 Å². The fourth-order valence-electron chi connectivity index (χ4n) is 2.81. The van der Waals surface area contributed by atoms with E-state index in [0.29, 0.717) is 23.9 Å². The van der Waals surface area contributed by atoms with Crippen LogP contribution in [-0.4, -0.2) is 42.3 Å². The second kappa shape index (κ2) is 7.57. The van der Waals surface area contributed by atoms with Gasteiger partial charge in [-0.25, -0.2) is 13.4 Å². The molecule has 134 valence electrons. The lowest BCUT2D eigenvalue weighted by Gasteiger charge is -2.15. The van der Waals surface area contributed by atoms with Crippen LogP contribution in [0.2, 0.25) is 0 Å². The van der Waals surface area contributed by atoms with Gasteiger partial charge in [0.25, 0.3) is 0 Å². The molecule has 5 nitrogen and oxygen atoms in total. The largest absolute Gasteiger partial charge is 0.293 e. The quantitative estimate of drug-likeness (QED) is 0.552. The van der Waals surface area contributed by atoms with Crippen LogP contribution in [0.1, 0.15) is 33.0 Å². The number of aromatic nitrogens is 1. The Kier molecular flexibility index (Phi) is 5.62. The summed E-state index contributed by atoms with van der Waals surface area (Å²) >= 11 is 2.95. The zero-order valence-electron chi connectivity index (χ0n) is 14.2. The van der Waals surface area contributed by atoms with Gasteiger partial charge in [-0.2, -0.15) is 4.31 Å². The van der Waals surface area contributed by atoms with E-state index in [1.807, 2.05) is 19.9 Å². The maximum atomic E-state index is 12.5. The van der Waals surface area contributed by atoms with E-state index < -0.39 is 10.0 Å². The van der Waals surface area contributed by atoms with Gasteiger partial charge in [0.15, 0.2) is 5.78 Å². The van der Waals surface area contributed by atoms with Gasteiger partial charge in [0, 0.05) is 34.6 Å². The molecule has 2 aromatic rings. The fourth-order valence-corrected chi connectivity index (χ4v) is 5.94. The number of hydrogen-bond donors (Lipinski definition) is 0. The summed E-state index contributed by atoms with van der Waals surface area (Å²) in [5, 5.41) is 0.651. The molecule has 0 radical (unpaired) electrons. The molecule has 0 atom stereocenters. The van der Waals surface area contributed by atoms with Gasteiger partial charge in [-0.1, -0.05) is 11.8 Å². The van der Waals surface area contributed by atoms with Crippen molar-refractivity contribution in [3.63, 3.8) is 0 Å². The number of nitrogens with zero attached hydrogens (tertiary/aromatic N) is 2. The summed E-state index contributed by atoms with van der Waals surface area (Å²) in [6, 6.07) is 5.17. The predicted octanol–water partition coefficient (Wildman–Crippen LogP) is 3.52. The molecule has 3 heterocycles. The zero-order chi connectivity index (χ0) is 18.0. The summed E-state index contributed by atoms with van der Waals surface area (Å²) < 4.78 is 26.4. The van der Waals surface area contributed by atoms with Crippen molar-refractivity contribution < 1.29 is 13.2 Å². The third kappa shape index (κ3) is 4.13. The Morgan fingerprint density at radius 2 is 2.00 bits per heavy atom. The van der Waals surface area contributed by atoms with Gasteiger partial charge in [-0.3, -0.25) is 4.79 Å². The number of rotatable bonds is 6. The second-order valence-corrected chi connectivity index (χ2v) is 10.4. The molecule has 0 amide bonds. The molecular formula is C17H20N2O3S3. The number of carbonyl (C=O) groups is 1. The highest BCUT2D eigenvalue weighted by atomic mass is 32.2. The molecule has 1 aliphatic rings. The summed E-state index contributed by atoms with van der Waals surface area (Å²) in [7, 11) is -3.44. The lowest BCUT2D eigenvalue weighted by atomic mass is 10.2. The second-order valence-electron chi connectivity index (χ2n) is 5.98. The smallest absolute Gasteiger partial charge is 0.244 e. The molecule has 0 saturated carbocycles. The van der Waals surface area contributed by atoms with Gasteiger partial charge in [0.05, 0.1) is 10.8 Å². The van der Waals surface area contributed by atoms with E-state index >= 15 is 0 Å². The van der Waals surface area contributed by atoms with E-state index in [-0.39, 0.29) is 10.7 Å². The first-order valence-corrected chi connectivity index (χ1v) is 11.3. The number of ketones is 1. The Morgan fingerprint density at radius 3 is 2.56 bits per heavy atom. The highest BCUT2D eigenvalue weighted by Gasteiger charge is 2.27. The summed E-state index contributed by atoms with van der Waals surface area (Å²) in [5.41, 5.74) is 0.767. The molecule has 8 heteroatoms. The summed E-state index contributed by atoms with van der Waals surface area (Å²) in [6.07, 6.45) is 3.20. The van der Waals surface area contributed by atoms with E-state index in [9.17, 15) is 13.2 Å². The average molecular weight is 397 g/mol. The Morgan fingerprint density at radius 1 is 1.28 bits per heavy atom. The molecule has 2 aromatic heterocycles. The van der Waals surface area contributed by atoms with Crippen LogP contribution >= 0.6 is 23.1 Å². The molecule has 0 aromatic carbocycles. The molecule has 0 spiro atoms. The SMILES string of the molecule is Cc1cc(C(=O)CSc2ccc(S(=O)(=O)N3CCCC3)cn2)c(C)s1. The maximum absolute atomic E-state index is 12.5. The first kappa shape index (κ1) is 18.6. The number of pyridine rings is 1. The van der Waals surface area contributed by atoms with Gasteiger partial charge in [-0.15, -0.1) is 11.3 Å². The van der Waals surface area contributed by atoms with Crippen molar-refractivity contribution in [3.05, 3.63) is 39.7 Å². The Hall–Kier alpha value is -1.22. The molecular weight excluding hydrogens is 376 g/mol. The molecule has 0 aliphatic carbocycles. The van der Waals surface area contributed by atoms with Crippen molar-refractivity contribution in [2.45, 2.75) is 36.6 Å². The van der Waals surface area contributed by atoms with Gasteiger partial charge in [0.2, 0.25) is 10.0 Å². The van der Waals surface area contributed by atoms with Crippen LogP contribution in [0.3, 0.4) is 0 Å². The number of sulfonamides is 1. The highest BCUT2D eigenvalue weighted by Crippen LogP contribution is 2.25. The lowest BCUT2D eigenvalue weighted by molar-refractivity contribution is 0.102. The minimum Gasteiger partial charge on any atom is -0.293 e. The summed E-state index contributed by atoms with van der Waals surface area (Å²) in [5.74, 6) is 0.366. The van der Waals surface area contributed by atoms with Crippen molar-refractivity contribution in [1.29, 1.82) is 0 Å². The number of carbonyl (C=O) groups excluding carboxylic acids is 1.